The summed E-state index contributed by atoms with van der Waals surface area (Å²) in [5.74, 6) is -0.361. The van der Waals surface area contributed by atoms with Crippen molar-refractivity contribution < 1.29 is 19.7 Å². The number of hydrogen-bond donors (Lipinski definition) is 2. The smallest absolute Gasteiger partial charge is 0.303 e. The van der Waals surface area contributed by atoms with E-state index < -0.39 is 5.97 Å². The average Bonchev–Trinajstić information content (AvgIpc) is 3.14. The highest BCUT2D eigenvalue weighted by Crippen LogP contribution is 2.51. The van der Waals surface area contributed by atoms with Crippen molar-refractivity contribution in [2.75, 3.05) is 7.11 Å². The Balaban J connectivity index is 2.53. The van der Waals surface area contributed by atoms with Gasteiger partial charge in [-0.05, 0) is 31.2 Å². The maximum Gasteiger partial charge on any atom is 0.303 e. The van der Waals surface area contributed by atoms with E-state index in [0.717, 1.165) is 24.0 Å². The predicted molar refractivity (Wildman–Crippen MR) is 72.1 cm³/mol. The molecule has 0 aromatic heterocycles. The molecule has 0 spiro atoms. The molecule has 0 saturated heterocycles. The lowest BCUT2D eigenvalue weighted by molar-refractivity contribution is -0.137. The number of phenolic OH excluding ortho intramolecular Hbond substituents is 1. The monoisotopic (exact) mass is 284 g/mol. The summed E-state index contributed by atoms with van der Waals surface area (Å²) < 4.78 is 5.25. The number of halogens is 1. The van der Waals surface area contributed by atoms with Gasteiger partial charge < -0.3 is 14.9 Å². The first-order valence-corrected chi connectivity index (χ1v) is 6.61. The van der Waals surface area contributed by atoms with Gasteiger partial charge in [0.1, 0.15) is 0 Å². The standard InChI is InChI=1S/C14H17ClO4/c1-7-10(15)6-11(16)14(19-2)13(7)9(5-12(17)18)8-3-4-8/h6,8-9,16H,3-5H2,1-2H3,(H,17,18). The lowest BCUT2D eigenvalue weighted by Gasteiger charge is -2.22. The van der Waals surface area contributed by atoms with Gasteiger partial charge in [-0.1, -0.05) is 11.6 Å². The fourth-order valence-electron chi connectivity index (χ4n) is 2.58. The van der Waals surface area contributed by atoms with Crippen molar-refractivity contribution in [2.24, 2.45) is 5.92 Å². The first kappa shape index (κ1) is 14.0. The van der Waals surface area contributed by atoms with Crippen molar-refractivity contribution in [3.8, 4) is 11.5 Å². The average molecular weight is 285 g/mol. The lowest BCUT2D eigenvalue weighted by Crippen LogP contribution is -2.11. The molecule has 1 aliphatic rings. The van der Waals surface area contributed by atoms with Gasteiger partial charge in [0.25, 0.3) is 0 Å². The molecule has 1 aliphatic carbocycles. The SMILES string of the molecule is COc1c(O)cc(Cl)c(C)c1C(CC(=O)O)C1CC1. The summed E-state index contributed by atoms with van der Waals surface area (Å²) in [5, 5.41) is 19.4. The van der Waals surface area contributed by atoms with Crippen LogP contribution in [-0.2, 0) is 4.79 Å². The third-order valence-electron chi connectivity index (χ3n) is 3.66. The van der Waals surface area contributed by atoms with Crippen LogP contribution in [0.4, 0.5) is 0 Å². The van der Waals surface area contributed by atoms with Gasteiger partial charge in [-0.25, -0.2) is 0 Å². The number of rotatable bonds is 5. The quantitative estimate of drug-likeness (QED) is 0.870. The summed E-state index contributed by atoms with van der Waals surface area (Å²) in [4.78, 5) is 11.1. The molecule has 1 aromatic carbocycles. The van der Waals surface area contributed by atoms with E-state index in [-0.39, 0.29) is 18.1 Å². The molecule has 0 radical (unpaired) electrons. The van der Waals surface area contributed by atoms with Crippen molar-refractivity contribution in [3.63, 3.8) is 0 Å². The van der Waals surface area contributed by atoms with Crippen LogP contribution in [0.5, 0.6) is 11.5 Å². The minimum absolute atomic E-state index is 0.0294. The molecule has 1 aromatic rings. The maximum atomic E-state index is 11.1. The Morgan fingerprint density at radius 1 is 1.58 bits per heavy atom. The van der Waals surface area contributed by atoms with E-state index in [0.29, 0.717) is 16.7 Å². The molecule has 0 amide bonds. The van der Waals surface area contributed by atoms with E-state index in [1.54, 1.807) is 0 Å². The predicted octanol–water partition coefficient (Wildman–Crippen LogP) is 3.33. The third kappa shape index (κ3) is 2.78. The van der Waals surface area contributed by atoms with Crippen LogP contribution in [0.15, 0.2) is 6.07 Å². The number of carboxylic acids is 1. The molecule has 19 heavy (non-hydrogen) atoms. The Morgan fingerprint density at radius 2 is 2.21 bits per heavy atom. The molecule has 5 heteroatoms. The van der Waals surface area contributed by atoms with Crippen molar-refractivity contribution in [3.05, 3.63) is 22.2 Å². The summed E-state index contributed by atoms with van der Waals surface area (Å²) in [5.41, 5.74) is 1.52. The molecule has 1 unspecified atom stereocenters. The lowest BCUT2D eigenvalue weighted by atomic mass is 9.87. The second-order valence-corrected chi connectivity index (χ2v) is 5.40. The minimum Gasteiger partial charge on any atom is -0.504 e. The molecule has 0 heterocycles. The number of phenols is 1. The molecule has 0 aliphatic heterocycles. The molecule has 1 saturated carbocycles. The number of benzene rings is 1. The summed E-state index contributed by atoms with van der Waals surface area (Å²) in [6, 6.07) is 1.43. The van der Waals surface area contributed by atoms with Crippen molar-refractivity contribution in [1.82, 2.24) is 0 Å². The second-order valence-electron chi connectivity index (χ2n) is 4.99. The van der Waals surface area contributed by atoms with Crippen molar-refractivity contribution in [2.45, 2.75) is 32.1 Å². The largest absolute Gasteiger partial charge is 0.504 e. The Kier molecular flexibility index (Phi) is 3.90. The van der Waals surface area contributed by atoms with Crippen LogP contribution < -0.4 is 4.74 Å². The van der Waals surface area contributed by atoms with Crippen LogP contribution in [0.1, 0.15) is 36.3 Å². The number of ether oxygens (including phenoxy) is 1. The zero-order valence-electron chi connectivity index (χ0n) is 10.9. The number of carbonyl (C=O) groups is 1. The number of hydrogen-bond acceptors (Lipinski definition) is 3. The van der Waals surface area contributed by atoms with Gasteiger partial charge in [-0.3, -0.25) is 4.79 Å². The van der Waals surface area contributed by atoms with Crippen LogP contribution in [0.25, 0.3) is 0 Å². The first-order valence-electron chi connectivity index (χ1n) is 6.23. The highest BCUT2D eigenvalue weighted by Gasteiger charge is 2.37. The number of aromatic hydroxyl groups is 1. The summed E-state index contributed by atoms with van der Waals surface area (Å²) in [6.45, 7) is 1.83. The molecule has 2 rings (SSSR count). The maximum absolute atomic E-state index is 11.1. The molecular weight excluding hydrogens is 268 g/mol. The van der Waals surface area contributed by atoms with Crippen LogP contribution in [0.3, 0.4) is 0 Å². The van der Waals surface area contributed by atoms with Gasteiger partial charge in [-0.2, -0.15) is 0 Å². The van der Waals surface area contributed by atoms with Crippen LogP contribution in [0, 0.1) is 12.8 Å². The van der Waals surface area contributed by atoms with Gasteiger partial charge in [0, 0.05) is 22.6 Å². The molecule has 0 bridgehead atoms. The summed E-state index contributed by atoms with van der Waals surface area (Å²) >= 11 is 6.09. The van der Waals surface area contributed by atoms with E-state index in [2.05, 4.69) is 0 Å². The van der Waals surface area contributed by atoms with E-state index in [4.69, 9.17) is 21.4 Å². The van der Waals surface area contributed by atoms with Crippen LogP contribution in [-0.4, -0.2) is 23.3 Å². The third-order valence-corrected chi connectivity index (χ3v) is 4.06. The van der Waals surface area contributed by atoms with Gasteiger partial charge in [0.2, 0.25) is 0 Å². The van der Waals surface area contributed by atoms with Crippen molar-refractivity contribution >= 4 is 17.6 Å². The van der Waals surface area contributed by atoms with Gasteiger partial charge in [0.15, 0.2) is 11.5 Å². The zero-order chi connectivity index (χ0) is 14.2. The Morgan fingerprint density at radius 3 is 2.68 bits per heavy atom. The summed E-state index contributed by atoms with van der Waals surface area (Å²) in [7, 11) is 1.47. The Bertz CT molecular complexity index is 509. The Labute approximate surface area is 117 Å². The molecule has 1 atom stereocenters. The fourth-order valence-corrected chi connectivity index (χ4v) is 2.79. The highest BCUT2D eigenvalue weighted by atomic mass is 35.5. The molecule has 4 nitrogen and oxygen atoms in total. The number of carboxylic acid groups (broad SMARTS) is 1. The van der Waals surface area contributed by atoms with Gasteiger partial charge in [-0.15, -0.1) is 0 Å². The minimum atomic E-state index is -0.849. The van der Waals surface area contributed by atoms with E-state index >= 15 is 0 Å². The first-order chi connectivity index (χ1) is 8.95. The fraction of sp³-hybridized carbons (Fsp3) is 0.500. The Hall–Kier alpha value is -1.42. The van der Waals surface area contributed by atoms with E-state index in [9.17, 15) is 9.90 Å². The van der Waals surface area contributed by atoms with Crippen LogP contribution in [0.2, 0.25) is 5.02 Å². The molecule has 1 fully saturated rings. The van der Waals surface area contributed by atoms with Crippen molar-refractivity contribution in [1.29, 1.82) is 0 Å². The second kappa shape index (κ2) is 5.29. The normalized spacial score (nSPS) is 16.2. The number of methoxy groups -OCH3 is 1. The van der Waals surface area contributed by atoms with Gasteiger partial charge >= 0.3 is 5.97 Å². The molecule has 2 N–H and O–H groups in total. The van der Waals surface area contributed by atoms with Gasteiger partial charge in [0.05, 0.1) is 13.5 Å². The number of aliphatic carboxylic acids is 1. The summed E-state index contributed by atoms with van der Waals surface area (Å²) in [6.07, 6.45) is 2.04. The topological polar surface area (TPSA) is 66.8 Å². The van der Waals surface area contributed by atoms with E-state index in [1.807, 2.05) is 6.92 Å². The zero-order valence-corrected chi connectivity index (χ0v) is 11.7. The molecular formula is C14H17ClO4. The van der Waals surface area contributed by atoms with Crippen LogP contribution >= 0.6 is 11.6 Å². The molecule has 104 valence electrons. The van der Waals surface area contributed by atoms with E-state index in [1.165, 1.54) is 13.2 Å². The highest BCUT2D eigenvalue weighted by molar-refractivity contribution is 6.31.